The molecule has 1 N–H and O–H groups in total. The van der Waals surface area contributed by atoms with Crippen molar-refractivity contribution >= 4 is 23.4 Å². The first-order valence-electron chi connectivity index (χ1n) is 11.2. The topological polar surface area (TPSA) is 82.6 Å². The predicted octanol–water partition coefficient (Wildman–Crippen LogP) is 5.13. The molecule has 178 valence electrons. The lowest BCUT2D eigenvalue weighted by Crippen LogP contribution is -2.33. The molecule has 0 spiro atoms. The largest absolute Gasteiger partial charge is 0.497 e. The molecule has 34 heavy (non-hydrogen) atoms. The number of nitrogens with zero attached hydrogens (tertiary/aromatic N) is 2. The summed E-state index contributed by atoms with van der Waals surface area (Å²) in [5.74, 6) is 2.24. The molecule has 0 fully saturated rings. The molecular weight excluding hydrogens is 450 g/mol. The van der Waals surface area contributed by atoms with Crippen molar-refractivity contribution in [3.05, 3.63) is 59.8 Å². The summed E-state index contributed by atoms with van der Waals surface area (Å²) in [6.45, 7) is 7.07. The zero-order chi connectivity index (χ0) is 24.1. The van der Waals surface area contributed by atoms with Gasteiger partial charge in [-0.1, -0.05) is 23.9 Å². The van der Waals surface area contributed by atoms with Crippen molar-refractivity contribution < 1.29 is 19.0 Å². The fourth-order valence-corrected chi connectivity index (χ4v) is 4.51. The molecular formula is C26H29N3O4S. The molecule has 3 aromatic rings. The number of carbonyl (C=O) groups is 1. The van der Waals surface area contributed by atoms with Crippen LogP contribution in [0.25, 0.3) is 11.4 Å². The molecule has 1 amide bonds. The van der Waals surface area contributed by atoms with Gasteiger partial charge in [0, 0.05) is 23.2 Å². The second kappa shape index (κ2) is 10.4. The van der Waals surface area contributed by atoms with Crippen molar-refractivity contribution in [2.75, 3.05) is 24.8 Å². The van der Waals surface area contributed by atoms with Gasteiger partial charge in [0.15, 0.2) is 5.82 Å². The Kier molecular flexibility index (Phi) is 7.38. The molecule has 0 atom stereocenters. The van der Waals surface area contributed by atoms with Gasteiger partial charge in [0.25, 0.3) is 0 Å². The van der Waals surface area contributed by atoms with Gasteiger partial charge in [-0.05, 0) is 57.2 Å². The fraction of sp³-hybridized carbons (Fsp3) is 0.346. The van der Waals surface area contributed by atoms with E-state index in [0.29, 0.717) is 25.5 Å². The Labute approximate surface area is 204 Å². The average Bonchev–Trinajstić information content (AvgIpc) is 2.83. The van der Waals surface area contributed by atoms with E-state index < -0.39 is 0 Å². The molecule has 0 aliphatic carbocycles. The van der Waals surface area contributed by atoms with E-state index in [9.17, 15) is 4.79 Å². The summed E-state index contributed by atoms with van der Waals surface area (Å²) in [4.78, 5) is 22.3. The first kappa shape index (κ1) is 24.0. The maximum Gasteiger partial charge on any atom is 0.234 e. The first-order chi connectivity index (χ1) is 16.4. The van der Waals surface area contributed by atoms with Crippen LogP contribution in [0.5, 0.6) is 11.5 Å². The summed E-state index contributed by atoms with van der Waals surface area (Å²) >= 11 is 1.39. The number of fused-ring (bicyclic) bond motifs is 1. The van der Waals surface area contributed by atoms with Gasteiger partial charge in [-0.2, -0.15) is 0 Å². The fourth-order valence-electron chi connectivity index (χ4n) is 3.66. The minimum Gasteiger partial charge on any atom is -0.497 e. The van der Waals surface area contributed by atoms with Crippen molar-refractivity contribution in [1.29, 1.82) is 0 Å². The zero-order valence-electron chi connectivity index (χ0n) is 19.9. The summed E-state index contributed by atoms with van der Waals surface area (Å²) in [6.07, 6.45) is 0.674. The van der Waals surface area contributed by atoms with Gasteiger partial charge in [-0.15, -0.1) is 0 Å². The van der Waals surface area contributed by atoms with Crippen LogP contribution < -0.4 is 14.8 Å². The highest BCUT2D eigenvalue weighted by atomic mass is 32.2. The minimum absolute atomic E-state index is 0.110. The Morgan fingerprint density at radius 3 is 2.68 bits per heavy atom. The van der Waals surface area contributed by atoms with Crippen LogP contribution in [0, 0.1) is 0 Å². The maximum atomic E-state index is 12.7. The summed E-state index contributed by atoms with van der Waals surface area (Å²) < 4.78 is 16.8. The van der Waals surface area contributed by atoms with Crippen LogP contribution in [0.4, 0.5) is 5.69 Å². The van der Waals surface area contributed by atoms with E-state index in [-0.39, 0.29) is 17.3 Å². The highest BCUT2D eigenvalue weighted by molar-refractivity contribution is 8.00. The number of aromatic nitrogens is 2. The molecule has 8 heteroatoms. The number of ether oxygens (including phenoxy) is 3. The van der Waals surface area contributed by atoms with Gasteiger partial charge in [-0.3, -0.25) is 4.79 Å². The summed E-state index contributed by atoms with van der Waals surface area (Å²) in [6, 6.07) is 15.0. The number of rotatable bonds is 8. The predicted molar refractivity (Wildman–Crippen MR) is 134 cm³/mol. The van der Waals surface area contributed by atoms with Crippen molar-refractivity contribution in [3.8, 4) is 22.9 Å². The van der Waals surface area contributed by atoms with Crippen LogP contribution in [0.3, 0.4) is 0 Å². The van der Waals surface area contributed by atoms with Crippen LogP contribution in [0.1, 0.15) is 32.0 Å². The monoisotopic (exact) mass is 479 g/mol. The molecule has 2 aromatic carbocycles. The summed E-state index contributed by atoms with van der Waals surface area (Å²) in [5, 5.41) is 3.69. The molecule has 0 radical (unpaired) electrons. The molecule has 0 saturated carbocycles. The Morgan fingerprint density at radius 1 is 1.15 bits per heavy atom. The zero-order valence-corrected chi connectivity index (χ0v) is 20.7. The summed E-state index contributed by atoms with van der Waals surface area (Å²) in [7, 11) is 1.64. The van der Waals surface area contributed by atoms with Crippen molar-refractivity contribution in [2.45, 2.75) is 44.4 Å². The number of nitrogens with one attached hydrogen (secondary N) is 1. The van der Waals surface area contributed by atoms with Gasteiger partial charge >= 0.3 is 0 Å². The highest BCUT2D eigenvalue weighted by Gasteiger charge is 2.30. The molecule has 4 rings (SSSR count). The van der Waals surface area contributed by atoms with Gasteiger partial charge in [0.1, 0.15) is 16.5 Å². The molecule has 0 bridgehead atoms. The van der Waals surface area contributed by atoms with E-state index in [2.05, 4.69) is 19.2 Å². The smallest absolute Gasteiger partial charge is 0.234 e. The van der Waals surface area contributed by atoms with Crippen LogP contribution in [0.2, 0.25) is 0 Å². The van der Waals surface area contributed by atoms with E-state index in [4.69, 9.17) is 24.2 Å². The Balaban J connectivity index is 1.54. The lowest BCUT2D eigenvalue weighted by atomic mass is 9.96. The maximum absolute atomic E-state index is 12.7. The van der Waals surface area contributed by atoms with Crippen LogP contribution in [-0.4, -0.2) is 40.9 Å². The Hall–Kier alpha value is -3.10. The highest BCUT2D eigenvalue weighted by Crippen LogP contribution is 2.34. The normalized spacial score (nSPS) is 14.2. The van der Waals surface area contributed by atoms with E-state index in [1.165, 1.54) is 11.8 Å². The molecule has 7 nitrogen and oxygen atoms in total. The Bertz CT molecular complexity index is 1170. The molecule has 0 unspecified atom stereocenters. The van der Waals surface area contributed by atoms with E-state index in [1.54, 1.807) is 7.11 Å². The molecule has 1 aliphatic rings. The minimum atomic E-state index is -0.306. The first-order valence-corrected chi connectivity index (χ1v) is 12.2. The number of benzene rings is 2. The summed E-state index contributed by atoms with van der Waals surface area (Å²) in [5.41, 5.74) is 3.19. The van der Waals surface area contributed by atoms with Gasteiger partial charge in [-0.25, -0.2) is 9.97 Å². The third-order valence-corrected chi connectivity index (χ3v) is 6.39. The number of anilines is 1. The number of thioether (sulfide) groups is 1. The Morgan fingerprint density at radius 2 is 1.94 bits per heavy atom. The number of methoxy groups -OCH3 is 1. The van der Waals surface area contributed by atoms with Crippen molar-refractivity contribution in [1.82, 2.24) is 9.97 Å². The number of carbonyl (C=O) groups excluding carboxylic acids is 1. The van der Waals surface area contributed by atoms with Crippen molar-refractivity contribution in [2.24, 2.45) is 0 Å². The van der Waals surface area contributed by atoms with E-state index in [1.807, 2.05) is 55.5 Å². The SMILES string of the molecule is CCOc1ccc(NC(=O)CSc2nc(-c3cccc(OC)c3)nc3c2COC(C)(C)C3)cc1. The number of hydrogen-bond acceptors (Lipinski definition) is 7. The lowest BCUT2D eigenvalue weighted by Gasteiger charge is -2.32. The van der Waals surface area contributed by atoms with E-state index >= 15 is 0 Å². The van der Waals surface area contributed by atoms with Crippen LogP contribution in [0.15, 0.2) is 53.6 Å². The molecule has 2 heterocycles. The van der Waals surface area contributed by atoms with Gasteiger partial charge in [0.05, 0.1) is 37.4 Å². The standard InChI is InChI=1S/C26H29N3O4S/c1-5-32-19-11-9-18(10-12-19)27-23(30)16-34-25-21-15-33-26(2,3)14-22(21)28-24(29-25)17-7-6-8-20(13-17)31-4/h6-13H,5,14-16H2,1-4H3,(H,27,30). The third-order valence-electron chi connectivity index (χ3n) is 5.37. The third kappa shape index (κ3) is 5.87. The van der Waals surface area contributed by atoms with Gasteiger partial charge < -0.3 is 19.5 Å². The molecule has 1 aromatic heterocycles. The second-order valence-corrected chi connectivity index (χ2v) is 9.49. The van der Waals surface area contributed by atoms with Crippen LogP contribution >= 0.6 is 11.8 Å². The number of hydrogen-bond donors (Lipinski definition) is 1. The van der Waals surface area contributed by atoms with Crippen LogP contribution in [-0.2, 0) is 22.6 Å². The van der Waals surface area contributed by atoms with Crippen molar-refractivity contribution in [3.63, 3.8) is 0 Å². The second-order valence-electron chi connectivity index (χ2n) is 8.53. The quantitative estimate of drug-likeness (QED) is 0.354. The molecule has 1 aliphatic heterocycles. The number of amides is 1. The molecule has 0 saturated heterocycles. The lowest BCUT2D eigenvalue weighted by molar-refractivity contribution is -0.113. The average molecular weight is 480 g/mol. The van der Waals surface area contributed by atoms with Gasteiger partial charge in [0.2, 0.25) is 5.91 Å². The van der Waals surface area contributed by atoms with E-state index in [0.717, 1.165) is 39.0 Å².